The van der Waals surface area contributed by atoms with Crippen molar-refractivity contribution in [2.75, 3.05) is 6.61 Å². The molecule has 1 aromatic heterocycles. The number of carbonyl (C=O) groups is 1. The molecule has 1 fully saturated rings. The predicted octanol–water partition coefficient (Wildman–Crippen LogP) is 4.75. The van der Waals surface area contributed by atoms with Crippen molar-refractivity contribution in [2.45, 2.75) is 129 Å². The first-order valence-electron chi connectivity index (χ1n) is 14.1. The Hall–Kier alpha value is -2.23. The fourth-order valence-electron chi connectivity index (χ4n) is 4.75. The van der Waals surface area contributed by atoms with E-state index >= 15 is 0 Å². The molecular weight excluding hydrogens is 474 g/mol. The lowest BCUT2D eigenvalue weighted by Gasteiger charge is -2.25. The number of ether oxygens (including phenoxy) is 1. The number of aromatic amines is 1. The summed E-state index contributed by atoms with van der Waals surface area (Å²) in [6.45, 7) is 3.41. The normalized spacial score (nSPS) is 19.6. The maximum absolute atomic E-state index is 12.5. The number of rotatable bonds is 18. The molecule has 210 valence electrons. The Bertz CT molecular complexity index is 941. The highest BCUT2D eigenvalue weighted by Gasteiger charge is 2.41. The number of aryl methyl sites for hydroxylation is 1. The Morgan fingerprint density at radius 1 is 1.05 bits per heavy atom. The summed E-state index contributed by atoms with van der Waals surface area (Å²) in [6, 6.07) is -0.773. The van der Waals surface area contributed by atoms with Gasteiger partial charge in [0.1, 0.15) is 12.3 Å². The van der Waals surface area contributed by atoms with Gasteiger partial charge in [0.05, 0.1) is 12.6 Å². The number of carbonyl (C=O) groups excluding carboxylic acids is 1. The maximum atomic E-state index is 12.5. The number of unbranched alkanes of at least 4 members (excludes halogenated alkanes) is 11. The first-order valence-corrected chi connectivity index (χ1v) is 14.1. The fourth-order valence-corrected chi connectivity index (χ4v) is 4.75. The third-order valence-electron chi connectivity index (χ3n) is 7.06. The van der Waals surface area contributed by atoms with E-state index in [2.05, 4.69) is 24.1 Å². The minimum atomic E-state index is -0.827. The third-order valence-corrected chi connectivity index (χ3v) is 7.06. The zero-order valence-corrected chi connectivity index (χ0v) is 22.7. The predicted molar refractivity (Wildman–Crippen MR) is 144 cm³/mol. The molecule has 0 radical (unpaired) electrons. The molecule has 0 aromatic carbocycles. The molecule has 1 aromatic rings. The van der Waals surface area contributed by atoms with Crippen LogP contribution in [-0.2, 0) is 9.53 Å². The van der Waals surface area contributed by atoms with Crippen LogP contribution in [-0.4, -0.2) is 49.6 Å². The maximum Gasteiger partial charge on any atom is 0.330 e. The number of nitrogens with one attached hydrogen (secondary N) is 1. The average Bonchev–Trinajstić information content (AvgIpc) is 3.32. The molecule has 9 nitrogen and oxygen atoms in total. The standard InChI is InChI=1S/C28H47N3O6/c1-3-4-5-6-7-8-9-10-11-12-13-14-15-16-17-18-25(33)31(36)23-19-26(37-24(23)21-32)30-20-22(2)27(34)29-28(30)35/h10-11,20,23-24,26,32,36H,3-9,12-19,21H2,1-2H3,(H,29,34,35)/b11-10+. The lowest BCUT2D eigenvalue weighted by atomic mass is 10.1. The van der Waals surface area contributed by atoms with E-state index in [1.807, 2.05) is 0 Å². The van der Waals surface area contributed by atoms with Crippen LogP contribution >= 0.6 is 0 Å². The molecule has 3 N–H and O–H groups in total. The first-order chi connectivity index (χ1) is 17.9. The van der Waals surface area contributed by atoms with Crippen LogP contribution in [0.2, 0.25) is 0 Å². The van der Waals surface area contributed by atoms with E-state index in [0.29, 0.717) is 17.0 Å². The van der Waals surface area contributed by atoms with Crippen LogP contribution in [0.4, 0.5) is 0 Å². The second-order valence-electron chi connectivity index (χ2n) is 10.2. The number of allylic oxidation sites excluding steroid dienone is 2. The van der Waals surface area contributed by atoms with E-state index in [9.17, 15) is 24.7 Å². The van der Waals surface area contributed by atoms with Crippen LogP contribution in [0.5, 0.6) is 0 Å². The molecule has 2 heterocycles. The number of hydroxylamine groups is 2. The molecule has 1 amide bonds. The summed E-state index contributed by atoms with van der Waals surface area (Å²) in [6.07, 6.45) is 19.9. The fraction of sp³-hybridized carbons (Fsp3) is 0.750. The van der Waals surface area contributed by atoms with Crippen molar-refractivity contribution in [1.29, 1.82) is 0 Å². The minimum absolute atomic E-state index is 0.130. The Balaban J connectivity index is 1.62. The summed E-state index contributed by atoms with van der Waals surface area (Å²) >= 11 is 0. The summed E-state index contributed by atoms with van der Waals surface area (Å²) in [5, 5.41) is 20.9. The molecule has 9 heteroatoms. The molecule has 3 atom stereocenters. The van der Waals surface area contributed by atoms with Gasteiger partial charge in [-0.25, -0.2) is 9.86 Å². The number of hydrogen-bond acceptors (Lipinski definition) is 6. The van der Waals surface area contributed by atoms with Crippen molar-refractivity contribution < 1.29 is 19.8 Å². The zero-order valence-electron chi connectivity index (χ0n) is 22.7. The van der Waals surface area contributed by atoms with Gasteiger partial charge in [-0.15, -0.1) is 0 Å². The SMILES string of the molecule is CCCCCCCC/C=C/CCCCCCCC(=O)N(O)C1CC(n2cc(C)c(=O)[nH]c2=O)OC1CO. The molecular formula is C28H47N3O6. The topological polar surface area (TPSA) is 125 Å². The summed E-state index contributed by atoms with van der Waals surface area (Å²) in [5.41, 5.74) is -0.774. The molecule has 2 rings (SSSR count). The molecule has 0 saturated carbocycles. The highest BCUT2D eigenvalue weighted by atomic mass is 16.6. The molecule has 0 spiro atoms. The second kappa shape index (κ2) is 17.3. The summed E-state index contributed by atoms with van der Waals surface area (Å²) in [7, 11) is 0. The molecule has 1 aliphatic rings. The number of hydrogen-bond donors (Lipinski definition) is 3. The van der Waals surface area contributed by atoms with Crippen LogP contribution in [0.3, 0.4) is 0 Å². The van der Waals surface area contributed by atoms with Crippen LogP contribution in [0, 0.1) is 6.92 Å². The van der Waals surface area contributed by atoms with Gasteiger partial charge in [-0.1, -0.05) is 70.4 Å². The van der Waals surface area contributed by atoms with Crippen molar-refractivity contribution in [2.24, 2.45) is 0 Å². The number of amides is 1. The lowest BCUT2D eigenvalue weighted by Crippen LogP contribution is -2.43. The van der Waals surface area contributed by atoms with Crippen molar-refractivity contribution in [3.05, 3.63) is 44.8 Å². The van der Waals surface area contributed by atoms with Crippen molar-refractivity contribution in [3.63, 3.8) is 0 Å². The highest BCUT2D eigenvalue weighted by molar-refractivity contribution is 5.75. The van der Waals surface area contributed by atoms with Gasteiger partial charge < -0.3 is 9.84 Å². The Labute approximate surface area is 220 Å². The van der Waals surface area contributed by atoms with E-state index in [1.165, 1.54) is 55.7 Å². The monoisotopic (exact) mass is 521 g/mol. The van der Waals surface area contributed by atoms with Crippen LogP contribution in [0.15, 0.2) is 27.9 Å². The lowest BCUT2D eigenvalue weighted by molar-refractivity contribution is -0.182. The van der Waals surface area contributed by atoms with E-state index in [-0.39, 0.29) is 12.8 Å². The van der Waals surface area contributed by atoms with Gasteiger partial charge in [0.25, 0.3) is 5.56 Å². The molecule has 3 unspecified atom stereocenters. The largest absolute Gasteiger partial charge is 0.394 e. The molecule has 37 heavy (non-hydrogen) atoms. The van der Waals surface area contributed by atoms with E-state index in [1.54, 1.807) is 6.92 Å². The smallest absolute Gasteiger partial charge is 0.330 e. The van der Waals surface area contributed by atoms with E-state index < -0.39 is 42.1 Å². The summed E-state index contributed by atoms with van der Waals surface area (Å²) in [4.78, 5) is 38.6. The van der Waals surface area contributed by atoms with Gasteiger partial charge in [0.15, 0.2) is 0 Å². The number of aliphatic hydroxyl groups is 1. The van der Waals surface area contributed by atoms with Crippen LogP contribution < -0.4 is 11.2 Å². The van der Waals surface area contributed by atoms with Gasteiger partial charge in [-0.05, 0) is 39.0 Å². The highest BCUT2D eigenvalue weighted by Crippen LogP contribution is 2.31. The summed E-state index contributed by atoms with van der Waals surface area (Å²) in [5.74, 6) is -0.421. The van der Waals surface area contributed by atoms with Crippen LogP contribution in [0.25, 0.3) is 0 Å². The Morgan fingerprint density at radius 2 is 1.65 bits per heavy atom. The van der Waals surface area contributed by atoms with Gasteiger partial charge in [-0.3, -0.25) is 24.3 Å². The average molecular weight is 522 g/mol. The van der Waals surface area contributed by atoms with Crippen LogP contribution in [0.1, 0.15) is 115 Å². The first kappa shape index (κ1) is 31.0. The Morgan fingerprint density at radius 3 is 2.27 bits per heavy atom. The van der Waals surface area contributed by atoms with Crippen molar-refractivity contribution in [1.82, 2.24) is 14.6 Å². The minimum Gasteiger partial charge on any atom is -0.394 e. The third kappa shape index (κ3) is 10.6. The van der Waals surface area contributed by atoms with Crippen molar-refractivity contribution in [3.8, 4) is 0 Å². The van der Waals surface area contributed by atoms with Crippen molar-refractivity contribution >= 4 is 5.91 Å². The number of aromatic nitrogens is 2. The molecule has 1 aliphatic heterocycles. The van der Waals surface area contributed by atoms with E-state index in [0.717, 1.165) is 32.1 Å². The van der Waals surface area contributed by atoms with Gasteiger partial charge >= 0.3 is 5.69 Å². The Kier molecular flexibility index (Phi) is 14.5. The quantitative estimate of drug-likeness (QED) is 0.111. The summed E-state index contributed by atoms with van der Waals surface area (Å²) < 4.78 is 6.94. The number of nitrogens with zero attached hydrogens (tertiary/aromatic N) is 2. The van der Waals surface area contributed by atoms with Gasteiger partial charge in [0, 0.05) is 24.6 Å². The van der Waals surface area contributed by atoms with E-state index in [4.69, 9.17) is 4.74 Å². The second-order valence-corrected chi connectivity index (χ2v) is 10.2. The zero-order chi connectivity index (χ0) is 27.0. The molecule has 0 bridgehead atoms. The number of H-pyrrole nitrogens is 1. The number of aliphatic hydroxyl groups excluding tert-OH is 1. The molecule has 1 saturated heterocycles. The molecule has 0 aliphatic carbocycles. The van der Waals surface area contributed by atoms with Gasteiger partial charge in [-0.2, -0.15) is 0 Å². The van der Waals surface area contributed by atoms with Gasteiger partial charge in [0.2, 0.25) is 5.91 Å².